The molecule has 1 unspecified atom stereocenters. The largest absolute Gasteiger partial charge is 0.477 e. The van der Waals surface area contributed by atoms with Crippen molar-refractivity contribution in [1.82, 2.24) is 9.88 Å². The summed E-state index contributed by atoms with van der Waals surface area (Å²) in [4.78, 5) is 28.0. The normalized spacial score (nSPS) is 20.6. The van der Waals surface area contributed by atoms with E-state index in [1.165, 1.54) is 30.3 Å². The Balaban J connectivity index is 2.19. The summed E-state index contributed by atoms with van der Waals surface area (Å²) in [6.45, 7) is 0. The van der Waals surface area contributed by atoms with Crippen LogP contribution in [-0.2, 0) is 9.84 Å². The number of hydrogen-bond donors (Lipinski definition) is 1. The van der Waals surface area contributed by atoms with Crippen molar-refractivity contribution in [2.75, 3.05) is 18.6 Å². The van der Waals surface area contributed by atoms with Crippen molar-refractivity contribution >= 4 is 21.7 Å². The SMILES string of the molecule is CN(C(=O)c1ccnc(C(=O)O)c1)C1CCS(=O)(=O)C1. The molecule has 1 aromatic heterocycles. The number of aromatic carboxylic acids is 1. The predicted molar refractivity (Wildman–Crippen MR) is 70.3 cm³/mol. The van der Waals surface area contributed by atoms with Crippen LogP contribution in [0.5, 0.6) is 0 Å². The number of aromatic nitrogens is 1. The fourth-order valence-corrected chi connectivity index (χ4v) is 3.91. The number of carboxylic acids is 1. The van der Waals surface area contributed by atoms with Crippen LogP contribution in [0.3, 0.4) is 0 Å². The zero-order chi connectivity index (χ0) is 14.9. The summed E-state index contributed by atoms with van der Waals surface area (Å²) in [6, 6.07) is 2.23. The van der Waals surface area contributed by atoms with E-state index < -0.39 is 21.7 Å². The molecule has 1 aliphatic heterocycles. The maximum absolute atomic E-state index is 12.2. The molecule has 2 heterocycles. The Bertz CT molecular complexity index is 656. The first kappa shape index (κ1) is 14.4. The van der Waals surface area contributed by atoms with Crippen LogP contribution in [0, 0.1) is 0 Å². The average molecular weight is 298 g/mol. The van der Waals surface area contributed by atoms with Gasteiger partial charge in [-0.15, -0.1) is 0 Å². The number of carboxylic acid groups (broad SMARTS) is 1. The topological polar surface area (TPSA) is 105 Å². The van der Waals surface area contributed by atoms with Gasteiger partial charge in [-0.25, -0.2) is 18.2 Å². The minimum atomic E-state index is -3.08. The van der Waals surface area contributed by atoms with Crippen LogP contribution >= 0.6 is 0 Å². The molecule has 0 aliphatic carbocycles. The van der Waals surface area contributed by atoms with Crippen LogP contribution in [0.2, 0.25) is 0 Å². The highest BCUT2D eigenvalue weighted by molar-refractivity contribution is 7.91. The molecule has 1 saturated heterocycles. The molecule has 1 atom stereocenters. The van der Waals surface area contributed by atoms with Crippen LogP contribution in [0.25, 0.3) is 0 Å². The van der Waals surface area contributed by atoms with E-state index in [0.717, 1.165) is 0 Å². The molecule has 0 aromatic carbocycles. The lowest BCUT2D eigenvalue weighted by Crippen LogP contribution is -2.37. The van der Waals surface area contributed by atoms with E-state index >= 15 is 0 Å². The number of carbonyl (C=O) groups is 2. The lowest BCUT2D eigenvalue weighted by Gasteiger charge is -2.23. The van der Waals surface area contributed by atoms with E-state index in [0.29, 0.717) is 6.42 Å². The molecule has 1 amide bonds. The van der Waals surface area contributed by atoms with Crippen molar-refractivity contribution < 1.29 is 23.1 Å². The van der Waals surface area contributed by atoms with Gasteiger partial charge in [0.2, 0.25) is 0 Å². The lowest BCUT2D eigenvalue weighted by atomic mass is 10.1. The molecule has 7 nitrogen and oxygen atoms in total. The van der Waals surface area contributed by atoms with Crippen molar-refractivity contribution in [2.24, 2.45) is 0 Å². The standard InChI is InChI=1S/C12H14N2O5S/c1-14(9-3-5-20(18,19)7-9)11(15)8-2-4-13-10(6-8)12(16)17/h2,4,6,9H,3,5,7H2,1H3,(H,16,17). The third-order valence-corrected chi connectivity index (χ3v) is 5.05. The molecule has 1 aliphatic rings. The van der Waals surface area contributed by atoms with Gasteiger partial charge >= 0.3 is 5.97 Å². The smallest absolute Gasteiger partial charge is 0.354 e. The molecular weight excluding hydrogens is 284 g/mol. The van der Waals surface area contributed by atoms with Gasteiger partial charge in [0, 0.05) is 24.8 Å². The Morgan fingerprint density at radius 2 is 2.15 bits per heavy atom. The van der Waals surface area contributed by atoms with Crippen LogP contribution in [0.15, 0.2) is 18.3 Å². The second-order valence-electron chi connectivity index (χ2n) is 4.71. The zero-order valence-electron chi connectivity index (χ0n) is 10.8. The third kappa shape index (κ3) is 2.96. The second-order valence-corrected chi connectivity index (χ2v) is 6.94. The zero-order valence-corrected chi connectivity index (χ0v) is 11.6. The maximum atomic E-state index is 12.2. The van der Waals surface area contributed by atoms with Gasteiger partial charge in [0.25, 0.3) is 5.91 Å². The highest BCUT2D eigenvalue weighted by atomic mass is 32.2. The van der Waals surface area contributed by atoms with Gasteiger partial charge in [-0.05, 0) is 18.6 Å². The highest BCUT2D eigenvalue weighted by Gasteiger charge is 2.33. The van der Waals surface area contributed by atoms with E-state index in [4.69, 9.17) is 5.11 Å². The molecule has 0 bridgehead atoms. The third-order valence-electron chi connectivity index (χ3n) is 3.30. The number of nitrogens with zero attached hydrogens (tertiary/aromatic N) is 2. The van der Waals surface area contributed by atoms with Crippen molar-refractivity contribution in [3.05, 3.63) is 29.6 Å². The minimum absolute atomic E-state index is 0.0495. The first-order chi connectivity index (χ1) is 9.30. The Morgan fingerprint density at radius 3 is 2.70 bits per heavy atom. The maximum Gasteiger partial charge on any atom is 0.354 e. The van der Waals surface area contributed by atoms with Crippen molar-refractivity contribution in [1.29, 1.82) is 0 Å². The van der Waals surface area contributed by atoms with Crippen LogP contribution in [0.1, 0.15) is 27.3 Å². The number of rotatable bonds is 3. The van der Waals surface area contributed by atoms with Gasteiger partial charge in [0.1, 0.15) is 5.69 Å². The highest BCUT2D eigenvalue weighted by Crippen LogP contribution is 2.18. The first-order valence-electron chi connectivity index (χ1n) is 5.97. The van der Waals surface area contributed by atoms with Gasteiger partial charge in [-0.2, -0.15) is 0 Å². The Hall–Kier alpha value is -1.96. The summed E-state index contributed by atoms with van der Waals surface area (Å²) in [6.07, 6.45) is 1.65. The summed E-state index contributed by atoms with van der Waals surface area (Å²) in [5.74, 6) is -1.60. The van der Waals surface area contributed by atoms with E-state index in [1.54, 1.807) is 0 Å². The number of hydrogen-bond acceptors (Lipinski definition) is 5. The molecule has 108 valence electrons. The molecule has 2 rings (SSSR count). The van der Waals surface area contributed by atoms with Crippen molar-refractivity contribution in [3.63, 3.8) is 0 Å². The Morgan fingerprint density at radius 1 is 1.45 bits per heavy atom. The number of pyridine rings is 1. The van der Waals surface area contributed by atoms with E-state index in [-0.39, 0.29) is 28.8 Å². The lowest BCUT2D eigenvalue weighted by molar-refractivity contribution is 0.0690. The molecule has 0 spiro atoms. The number of carbonyl (C=O) groups excluding carboxylic acids is 1. The van der Waals surface area contributed by atoms with Gasteiger partial charge < -0.3 is 10.0 Å². The summed E-state index contributed by atoms with van der Waals surface area (Å²) in [7, 11) is -1.56. The molecule has 1 N–H and O–H groups in total. The van der Waals surface area contributed by atoms with Crippen molar-refractivity contribution in [3.8, 4) is 0 Å². The van der Waals surface area contributed by atoms with E-state index in [1.807, 2.05) is 0 Å². The Kier molecular flexibility index (Phi) is 3.76. The molecule has 1 fully saturated rings. The summed E-state index contributed by atoms with van der Waals surface area (Å²) in [5.41, 5.74) is -0.0347. The molecule has 20 heavy (non-hydrogen) atoms. The number of amides is 1. The molecular formula is C12H14N2O5S. The van der Waals surface area contributed by atoms with Crippen molar-refractivity contribution in [2.45, 2.75) is 12.5 Å². The fourth-order valence-electron chi connectivity index (χ4n) is 2.13. The first-order valence-corrected chi connectivity index (χ1v) is 7.79. The van der Waals surface area contributed by atoms with Crippen LogP contribution in [0.4, 0.5) is 0 Å². The number of sulfone groups is 1. The summed E-state index contributed by atoms with van der Waals surface area (Å²) < 4.78 is 22.8. The average Bonchev–Trinajstić information content (AvgIpc) is 2.77. The van der Waals surface area contributed by atoms with E-state index in [2.05, 4.69) is 4.98 Å². The van der Waals surface area contributed by atoms with Crippen LogP contribution in [-0.4, -0.2) is 59.9 Å². The van der Waals surface area contributed by atoms with Gasteiger partial charge in [0.15, 0.2) is 9.84 Å². The summed E-state index contributed by atoms with van der Waals surface area (Å²) in [5, 5.41) is 8.84. The van der Waals surface area contributed by atoms with Gasteiger partial charge in [0.05, 0.1) is 11.5 Å². The Labute approximate surface area is 116 Å². The molecule has 8 heteroatoms. The second kappa shape index (κ2) is 5.20. The van der Waals surface area contributed by atoms with Gasteiger partial charge in [-0.3, -0.25) is 4.79 Å². The minimum Gasteiger partial charge on any atom is -0.477 e. The predicted octanol–water partition coefficient (Wildman–Crippen LogP) is 0.0389. The van der Waals surface area contributed by atoms with Crippen LogP contribution < -0.4 is 0 Å². The quantitative estimate of drug-likeness (QED) is 0.844. The van der Waals surface area contributed by atoms with Gasteiger partial charge in [-0.1, -0.05) is 0 Å². The molecule has 1 aromatic rings. The summed E-state index contributed by atoms with van der Waals surface area (Å²) >= 11 is 0. The molecule has 0 saturated carbocycles. The fraction of sp³-hybridized carbons (Fsp3) is 0.417. The monoisotopic (exact) mass is 298 g/mol. The molecule has 0 radical (unpaired) electrons. The van der Waals surface area contributed by atoms with E-state index in [9.17, 15) is 18.0 Å².